The van der Waals surface area contributed by atoms with Crippen molar-refractivity contribution in [3.05, 3.63) is 23.8 Å². The van der Waals surface area contributed by atoms with Crippen molar-refractivity contribution >= 4 is 27.5 Å². The van der Waals surface area contributed by atoms with Gasteiger partial charge in [0.05, 0.1) is 18.0 Å². The number of terminal acetylenes is 1. The molecule has 2 heterocycles. The van der Waals surface area contributed by atoms with E-state index in [1.165, 1.54) is 23.4 Å². The van der Waals surface area contributed by atoms with E-state index in [2.05, 4.69) is 11.2 Å². The van der Waals surface area contributed by atoms with Gasteiger partial charge in [-0.25, -0.2) is 8.42 Å². The van der Waals surface area contributed by atoms with E-state index in [4.69, 9.17) is 11.2 Å². The van der Waals surface area contributed by atoms with E-state index in [1.54, 1.807) is 25.0 Å². The molecule has 168 valence electrons. The first-order valence-corrected chi connectivity index (χ1v) is 11.8. The zero-order valence-corrected chi connectivity index (χ0v) is 18.9. The van der Waals surface area contributed by atoms with E-state index in [0.29, 0.717) is 37.2 Å². The summed E-state index contributed by atoms with van der Waals surface area (Å²) in [5.41, 5.74) is 1.18. The highest BCUT2D eigenvalue weighted by Crippen LogP contribution is 2.37. The molecule has 2 saturated heterocycles. The van der Waals surface area contributed by atoms with Gasteiger partial charge in [0, 0.05) is 38.2 Å². The number of rotatable bonds is 6. The van der Waals surface area contributed by atoms with Gasteiger partial charge in [-0.05, 0) is 49.9 Å². The second-order valence-corrected chi connectivity index (χ2v) is 9.99. The van der Waals surface area contributed by atoms with Gasteiger partial charge in [0.15, 0.2) is 0 Å². The largest absolute Gasteiger partial charge is 0.384 e. The number of hydrogen-bond donors (Lipinski definition) is 1. The zero-order valence-electron chi connectivity index (χ0n) is 18.1. The predicted molar refractivity (Wildman–Crippen MR) is 117 cm³/mol. The Labute approximate surface area is 184 Å². The normalized spacial score (nSPS) is 24.4. The van der Waals surface area contributed by atoms with E-state index in [0.717, 1.165) is 6.42 Å². The van der Waals surface area contributed by atoms with Crippen LogP contribution in [0.3, 0.4) is 0 Å². The van der Waals surface area contributed by atoms with Crippen LogP contribution in [0.1, 0.15) is 31.7 Å². The summed E-state index contributed by atoms with van der Waals surface area (Å²) in [6, 6.07) is 3.45. The van der Waals surface area contributed by atoms with Crippen LogP contribution >= 0.6 is 0 Å². The van der Waals surface area contributed by atoms with Gasteiger partial charge in [-0.1, -0.05) is 5.92 Å². The molecule has 2 amide bonds. The fraction of sp³-hybridized carbons (Fsp3) is 0.545. The molecular formula is C22H29N3O5S. The number of carbonyl (C=O) groups excluding carboxylic acids is 2. The van der Waals surface area contributed by atoms with Gasteiger partial charge in [-0.15, -0.1) is 6.42 Å². The number of hydrogen-bond acceptors (Lipinski definition) is 5. The van der Waals surface area contributed by atoms with Crippen LogP contribution in [0, 0.1) is 25.2 Å². The summed E-state index contributed by atoms with van der Waals surface area (Å²) < 4.78 is 34.3. The Kier molecular flexibility index (Phi) is 7.04. The molecule has 0 radical (unpaired) electrons. The van der Waals surface area contributed by atoms with Crippen LogP contribution in [0.2, 0.25) is 0 Å². The number of amides is 2. The van der Waals surface area contributed by atoms with Gasteiger partial charge in [0.25, 0.3) is 0 Å². The number of piperidine rings is 1. The standard InChI is InChI=1S/C22H29N3O5S/c1-5-11-24-13-17(14-30-4)20-7-6-8-21(22(24)27)25(20)31(28,29)18-9-10-19(15(2)12-18)23-16(3)26/h1,9-10,12,17,20-21H,6-8,11,13-14H2,2-4H3,(H,23,26). The highest BCUT2D eigenvalue weighted by atomic mass is 32.2. The zero-order chi connectivity index (χ0) is 22.8. The molecule has 0 aliphatic carbocycles. The number of nitrogens with zero attached hydrogens (tertiary/aromatic N) is 2. The Balaban J connectivity index is 2.05. The maximum atomic E-state index is 13.8. The number of ether oxygens (including phenoxy) is 1. The molecule has 3 atom stereocenters. The minimum absolute atomic E-state index is 0.102. The van der Waals surface area contributed by atoms with Crippen molar-refractivity contribution in [2.45, 2.75) is 50.1 Å². The minimum atomic E-state index is -3.97. The molecule has 9 heteroatoms. The van der Waals surface area contributed by atoms with Gasteiger partial charge in [-0.3, -0.25) is 9.59 Å². The molecule has 0 spiro atoms. The van der Waals surface area contributed by atoms with E-state index in [-0.39, 0.29) is 35.2 Å². The van der Waals surface area contributed by atoms with Crippen molar-refractivity contribution in [2.24, 2.45) is 5.92 Å². The first-order chi connectivity index (χ1) is 14.7. The van der Waals surface area contributed by atoms with Crippen LogP contribution in [-0.2, 0) is 24.3 Å². The van der Waals surface area contributed by atoms with Crippen molar-refractivity contribution in [3.63, 3.8) is 0 Å². The molecular weight excluding hydrogens is 418 g/mol. The molecule has 2 bridgehead atoms. The van der Waals surface area contributed by atoms with Gasteiger partial charge >= 0.3 is 0 Å². The highest BCUT2D eigenvalue weighted by molar-refractivity contribution is 7.89. The van der Waals surface area contributed by atoms with Crippen molar-refractivity contribution < 1.29 is 22.7 Å². The average Bonchev–Trinajstić information content (AvgIpc) is 2.78. The number of aryl methyl sites for hydroxylation is 1. The average molecular weight is 448 g/mol. The molecule has 1 N–H and O–H groups in total. The summed E-state index contributed by atoms with van der Waals surface area (Å²) in [6.07, 6.45) is 7.34. The molecule has 1 aromatic carbocycles. The number of nitrogens with one attached hydrogen (secondary N) is 1. The molecule has 0 saturated carbocycles. The van der Waals surface area contributed by atoms with Gasteiger partial charge in [0.1, 0.15) is 6.04 Å². The van der Waals surface area contributed by atoms with Crippen LogP contribution in [-0.4, -0.2) is 68.3 Å². The lowest BCUT2D eigenvalue weighted by Gasteiger charge is -2.40. The van der Waals surface area contributed by atoms with Gasteiger partial charge in [-0.2, -0.15) is 4.31 Å². The predicted octanol–water partition coefficient (Wildman–Crippen LogP) is 1.60. The second-order valence-electron chi connectivity index (χ2n) is 8.15. The quantitative estimate of drug-likeness (QED) is 0.669. The first-order valence-electron chi connectivity index (χ1n) is 10.3. The molecule has 2 aliphatic rings. The number of anilines is 1. The van der Waals surface area contributed by atoms with Crippen molar-refractivity contribution in [3.8, 4) is 12.3 Å². The fourth-order valence-corrected chi connectivity index (χ4v) is 6.59. The van der Waals surface area contributed by atoms with Crippen LogP contribution in [0.15, 0.2) is 23.1 Å². The molecule has 1 aromatic rings. The molecule has 2 aliphatic heterocycles. The Morgan fingerprint density at radius 1 is 1.35 bits per heavy atom. The molecule has 31 heavy (non-hydrogen) atoms. The van der Waals surface area contributed by atoms with Crippen LogP contribution in [0.4, 0.5) is 5.69 Å². The smallest absolute Gasteiger partial charge is 0.244 e. The van der Waals surface area contributed by atoms with E-state index >= 15 is 0 Å². The summed E-state index contributed by atoms with van der Waals surface area (Å²) in [5, 5.41) is 2.69. The lowest BCUT2D eigenvalue weighted by molar-refractivity contribution is -0.134. The second kappa shape index (κ2) is 9.39. The van der Waals surface area contributed by atoms with Crippen LogP contribution in [0.25, 0.3) is 0 Å². The molecule has 3 unspecified atom stereocenters. The van der Waals surface area contributed by atoms with Crippen molar-refractivity contribution in [2.75, 3.05) is 32.1 Å². The lowest BCUT2D eigenvalue weighted by Crippen LogP contribution is -2.55. The summed E-state index contributed by atoms with van der Waals surface area (Å²) in [4.78, 5) is 26.3. The monoisotopic (exact) mass is 447 g/mol. The Bertz CT molecular complexity index is 1000. The Morgan fingerprint density at radius 2 is 2.10 bits per heavy atom. The van der Waals surface area contributed by atoms with E-state index in [9.17, 15) is 18.0 Å². The first kappa shape index (κ1) is 23.3. The third-order valence-electron chi connectivity index (χ3n) is 5.95. The molecule has 3 rings (SSSR count). The SMILES string of the molecule is C#CCN1CC(COC)C2CCCC(C1=O)N2S(=O)(=O)c1ccc(NC(C)=O)c(C)c1. The topological polar surface area (TPSA) is 96.0 Å². The maximum absolute atomic E-state index is 13.8. The summed E-state index contributed by atoms with van der Waals surface area (Å²) in [6.45, 7) is 3.97. The third kappa shape index (κ3) is 4.61. The van der Waals surface area contributed by atoms with Crippen molar-refractivity contribution in [1.29, 1.82) is 0 Å². The van der Waals surface area contributed by atoms with E-state index < -0.39 is 16.1 Å². The fourth-order valence-electron chi connectivity index (χ4n) is 4.61. The molecule has 8 nitrogen and oxygen atoms in total. The van der Waals surface area contributed by atoms with E-state index in [1.807, 2.05) is 0 Å². The number of sulfonamides is 1. The third-order valence-corrected chi connectivity index (χ3v) is 7.88. The molecule has 2 fully saturated rings. The Hall–Kier alpha value is -2.41. The number of benzene rings is 1. The maximum Gasteiger partial charge on any atom is 0.244 e. The number of fused-ring (bicyclic) bond motifs is 2. The summed E-state index contributed by atoms with van der Waals surface area (Å²) in [5.74, 6) is 1.85. The Morgan fingerprint density at radius 3 is 2.71 bits per heavy atom. The summed E-state index contributed by atoms with van der Waals surface area (Å²) >= 11 is 0. The van der Waals surface area contributed by atoms with Crippen molar-refractivity contribution in [1.82, 2.24) is 9.21 Å². The summed E-state index contributed by atoms with van der Waals surface area (Å²) in [7, 11) is -2.40. The van der Waals surface area contributed by atoms with Gasteiger partial charge < -0.3 is 15.0 Å². The lowest BCUT2D eigenvalue weighted by atomic mass is 9.91. The number of methoxy groups -OCH3 is 1. The minimum Gasteiger partial charge on any atom is -0.384 e. The van der Waals surface area contributed by atoms with Gasteiger partial charge in [0.2, 0.25) is 21.8 Å². The number of carbonyl (C=O) groups is 2. The van der Waals surface area contributed by atoms with Crippen LogP contribution in [0.5, 0.6) is 0 Å². The molecule has 0 aromatic heterocycles. The van der Waals surface area contributed by atoms with Crippen LogP contribution < -0.4 is 5.32 Å². The highest BCUT2D eigenvalue weighted by Gasteiger charge is 2.49.